The van der Waals surface area contributed by atoms with Crippen LogP contribution in [0, 0.1) is 0 Å². The van der Waals surface area contributed by atoms with E-state index in [1.54, 1.807) is 0 Å². The predicted octanol–water partition coefficient (Wildman–Crippen LogP) is 4.12. The van der Waals surface area contributed by atoms with Crippen molar-refractivity contribution < 1.29 is 9.47 Å². The van der Waals surface area contributed by atoms with Gasteiger partial charge < -0.3 is 14.0 Å². The van der Waals surface area contributed by atoms with Gasteiger partial charge in [0.05, 0.1) is 30.8 Å². The Labute approximate surface area is 172 Å². The van der Waals surface area contributed by atoms with Gasteiger partial charge in [0, 0.05) is 13.5 Å². The third kappa shape index (κ3) is 3.89. The molecule has 5 nitrogen and oxygen atoms in total. The number of benzene rings is 2. The Kier molecular flexibility index (Phi) is 5.25. The van der Waals surface area contributed by atoms with E-state index in [1.807, 2.05) is 0 Å². The molecule has 0 N–H and O–H groups in total. The van der Waals surface area contributed by atoms with Gasteiger partial charge in [-0.1, -0.05) is 30.3 Å². The molecular formula is C24H29N3O2. The molecule has 0 radical (unpaired) electrons. The van der Waals surface area contributed by atoms with E-state index < -0.39 is 0 Å². The first kappa shape index (κ1) is 18.6. The van der Waals surface area contributed by atoms with Gasteiger partial charge in [-0.05, 0) is 55.6 Å². The molecule has 29 heavy (non-hydrogen) atoms. The summed E-state index contributed by atoms with van der Waals surface area (Å²) in [6.07, 6.45) is 3.51. The van der Waals surface area contributed by atoms with E-state index in [0.29, 0.717) is 12.5 Å². The van der Waals surface area contributed by atoms with Crippen molar-refractivity contribution in [1.82, 2.24) is 14.5 Å². The highest BCUT2D eigenvalue weighted by Gasteiger charge is 2.25. The minimum atomic E-state index is 0.203. The number of para-hydroxylation sites is 3. The van der Waals surface area contributed by atoms with Gasteiger partial charge >= 0.3 is 0 Å². The lowest BCUT2D eigenvalue weighted by molar-refractivity contribution is 0.139. The van der Waals surface area contributed by atoms with E-state index in [1.165, 1.54) is 11.1 Å². The van der Waals surface area contributed by atoms with E-state index in [2.05, 4.69) is 65.0 Å². The third-order valence-electron chi connectivity index (χ3n) is 6.37. The van der Waals surface area contributed by atoms with Crippen molar-refractivity contribution in [2.24, 2.45) is 7.05 Å². The van der Waals surface area contributed by atoms with Gasteiger partial charge in [0.1, 0.15) is 17.7 Å². The average Bonchev–Trinajstić information content (AvgIpc) is 3.38. The molecule has 0 unspecified atom stereocenters. The van der Waals surface area contributed by atoms with Crippen LogP contribution in [0.3, 0.4) is 0 Å². The van der Waals surface area contributed by atoms with Crippen molar-refractivity contribution in [3.8, 4) is 5.75 Å². The molecule has 0 saturated carbocycles. The Morgan fingerprint density at radius 3 is 2.62 bits per heavy atom. The summed E-state index contributed by atoms with van der Waals surface area (Å²) in [6.45, 7) is 4.62. The van der Waals surface area contributed by atoms with Crippen LogP contribution in [0.25, 0.3) is 11.0 Å². The zero-order valence-electron chi connectivity index (χ0n) is 17.1. The predicted molar refractivity (Wildman–Crippen MR) is 114 cm³/mol. The molecule has 3 heterocycles. The first-order chi connectivity index (χ1) is 14.3. The fourth-order valence-electron chi connectivity index (χ4n) is 4.65. The van der Waals surface area contributed by atoms with E-state index in [-0.39, 0.29) is 6.10 Å². The van der Waals surface area contributed by atoms with Gasteiger partial charge in [0.25, 0.3) is 0 Å². The largest absolute Gasteiger partial charge is 0.488 e. The van der Waals surface area contributed by atoms with Gasteiger partial charge in [0.15, 0.2) is 0 Å². The quantitative estimate of drug-likeness (QED) is 0.656. The minimum absolute atomic E-state index is 0.203. The van der Waals surface area contributed by atoms with E-state index in [9.17, 15) is 0 Å². The number of ether oxygens (including phenoxy) is 2. The smallest absolute Gasteiger partial charge is 0.124 e. The molecule has 2 aliphatic heterocycles. The monoisotopic (exact) mass is 391 g/mol. The summed E-state index contributed by atoms with van der Waals surface area (Å²) in [7, 11) is 2.12. The van der Waals surface area contributed by atoms with Crippen LogP contribution in [0.15, 0.2) is 48.5 Å². The Morgan fingerprint density at radius 2 is 1.83 bits per heavy atom. The second-order valence-electron chi connectivity index (χ2n) is 8.27. The number of hydrogen-bond acceptors (Lipinski definition) is 4. The molecule has 0 bridgehead atoms. The summed E-state index contributed by atoms with van der Waals surface area (Å²) in [5.41, 5.74) is 3.66. The number of nitrogens with zero attached hydrogens (tertiary/aromatic N) is 3. The molecule has 152 valence electrons. The maximum atomic E-state index is 6.28. The lowest BCUT2D eigenvalue weighted by atomic mass is 9.88. The SMILES string of the molecule is Cn1c(CN2CCC(c3ccccc3O[C@H]3CCOC3)CC2)nc2ccccc21. The van der Waals surface area contributed by atoms with Gasteiger partial charge in [-0.15, -0.1) is 0 Å². The van der Waals surface area contributed by atoms with Crippen molar-refractivity contribution >= 4 is 11.0 Å². The summed E-state index contributed by atoms with van der Waals surface area (Å²) in [4.78, 5) is 7.38. The zero-order valence-corrected chi connectivity index (χ0v) is 17.1. The number of aryl methyl sites for hydroxylation is 1. The molecule has 1 aromatic heterocycles. The number of piperidine rings is 1. The van der Waals surface area contributed by atoms with Crippen LogP contribution in [0.2, 0.25) is 0 Å². The van der Waals surface area contributed by atoms with Crippen LogP contribution in [0.1, 0.15) is 36.6 Å². The second kappa shape index (κ2) is 8.17. The Hall–Kier alpha value is -2.37. The van der Waals surface area contributed by atoms with Gasteiger partial charge in [-0.2, -0.15) is 0 Å². The topological polar surface area (TPSA) is 39.5 Å². The standard InChI is InChI=1S/C24H29N3O2/c1-26-22-8-4-3-7-21(22)25-24(26)16-27-13-10-18(11-14-27)20-6-2-5-9-23(20)29-19-12-15-28-17-19/h2-9,18-19H,10-17H2,1H3/t19-/m0/s1. The van der Waals surface area contributed by atoms with Crippen molar-refractivity contribution in [2.45, 2.75) is 37.8 Å². The molecule has 0 amide bonds. The van der Waals surface area contributed by atoms with E-state index in [0.717, 1.165) is 62.6 Å². The zero-order chi connectivity index (χ0) is 19.6. The van der Waals surface area contributed by atoms with Crippen molar-refractivity contribution in [1.29, 1.82) is 0 Å². The molecule has 3 aromatic rings. The van der Waals surface area contributed by atoms with Crippen LogP contribution < -0.4 is 4.74 Å². The van der Waals surface area contributed by atoms with Crippen molar-refractivity contribution in [3.63, 3.8) is 0 Å². The Balaban J connectivity index is 1.24. The molecule has 2 aromatic carbocycles. The minimum Gasteiger partial charge on any atom is -0.488 e. The van der Waals surface area contributed by atoms with E-state index in [4.69, 9.17) is 14.5 Å². The number of imidazole rings is 1. The van der Waals surface area contributed by atoms with Gasteiger partial charge in [0.2, 0.25) is 0 Å². The maximum absolute atomic E-state index is 6.28. The number of fused-ring (bicyclic) bond motifs is 1. The molecule has 2 fully saturated rings. The number of likely N-dealkylation sites (tertiary alicyclic amines) is 1. The van der Waals surface area contributed by atoms with E-state index >= 15 is 0 Å². The van der Waals surface area contributed by atoms with Gasteiger partial charge in [-0.3, -0.25) is 4.90 Å². The number of hydrogen-bond donors (Lipinski definition) is 0. The summed E-state index contributed by atoms with van der Waals surface area (Å²) in [5, 5.41) is 0. The Bertz CT molecular complexity index is 969. The number of aromatic nitrogens is 2. The summed E-state index contributed by atoms with van der Waals surface area (Å²) < 4.78 is 14.0. The lowest BCUT2D eigenvalue weighted by Crippen LogP contribution is -2.33. The highest BCUT2D eigenvalue weighted by Crippen LogP contribution is 2.35. The van der Waals surface area contributed by atoms with Crippen LogP contribution in [-0.4, -0.2) is 46.9 Å². The molecule has 5 rings (SSSR count). The van der Waals surface area contributed by atoms with Crippen molar-refractivity contribution in [3.05, 3.63) is 59.9 Å². The van der Waals surface area contributed by atoms with Gasteiger partial charge in [-0.25, -0.2) is 4.98 Å². The number of rotatable bonds is 5. The molecule has 0 aliphatic carbocycles. The summed E-state index contributed by atoms with van der Waals surface area (Å²) in [6, 6.07) is 17.0. The van der Waals surface area contributed by atoms with Crippen molar-refractivity contribution in [2.75, 3.05) is 26.3 Å². The average molecular weight is 392 g/mol. The maximum Gasteiger partial charge on any atom is 0.124 e. The van der Waals surface area contributed by atoms with Crippen LogP contribution in [0.4, 0.5) is 0 Å². The highest BCUT2D eigenvalue weighted by molar-refractivity contribution is 5.75. The fourth-order valence-corrected chi connectivity index (χ4v) is 4.65. The van der Waals surface area contributed by atoms with Crippen LogP contribution in [0.5, 0.6) is 5.75 Å². The lowest BCUT2D eigenvalue weighted by Gasteiger charge is -2.32. The molecule has 0 spiro atoms. The van der Waals surface area contributed by atoms with Crippen LogP contribution in [-0.2, 0) is 18.3 Å². The second-order valence-corrected chi connectivity index (χ2v) is 8.27. The molecule has 5 heteroatoms. The highest BCUT2D eigenvalue weighted by atomic mass is 16.5. The first-order valence-corrected chi connectivity index (χ1v) is 10.7. The third-order valence-corrected chi connectivity index (χ3v) is 6.37. The first-order valence-electron chi connectivity index (χ1n) is 10.7. The molecule has 1 atom stereocenters. The summed E-state index contributed by atoms with van der Waals surface area (Å²) in [5.74, 6) is 2.76. The Morgan fingerprint density at radius 1 is 1.03 bits per heavy atom. The van der Waals surface area contributed by atoms with Crippen LogP contribution >= 0.6 is 0 Å². The summed E-state index contributed by atoms with van der Waals surface area (Å²) >= 11 is 0. The molecule has 2 aliphatic rings. The molecular weight excluding hydrogens is 362 g/mol. The normalized spacial score (nSPS) is 21.1. The fraction of sp³-hybridized carbons (Fsp3) is 0.458. The molecule has 2 saturated heterocycles.